The molecule has 9 heteroatoms. The van der Waals surface area contributed by atoms with Crippen LogP contribution >= 0.6 is 0 Å². The Morgan fingerprint density at radius 2 is 1.55 bits per heavy atom. The Balaban J connectivity index is 1.41. The number of ether oxygens (including phenoxy) is 1. The zero-order valence-electron chi connectivity index (χ0n) is 18.2. The average Bonchev–Trinajstić information content (AvgIpc) is 3.34. The van der Waals surface area contributed by atoms with Crippen molar-refractivity contribution in [1.29, 1.82) is 0 Å². The van der Waals surface area contributed by atoms with Gasteiger partial charge in [0.05, 0.1) is 4.90 Å². The fraction of sp³-hybridized carbons (Fsp3) is 0.250. The highest BCUT2D eigenvalue weighted by Gasteiger charge is 2.27. The number of nitrogens with one attached hydrogen (secondary N) is 1. The summed E-state index contributed by atoms with van der Waals surface area (Å²) in [4.78, 5) is 24.7. The third-order valence-corrected chi connectivity index (χ3v) is 7.25. The molecule has 1 fully saturated rings. The monoisotopic (exact) mass is 467 g/mol. The lowest BCUT2D eigenvalue weighted by atomic mass is 10.2. The van der Waals surface area contributed by atoms with Gasteiger partial charge in [0.15, 0.2) is 0 Å². The number of benzene rings is 2. The van der Waals surface area contributed by atoms with Crippen LogP contribution in [0.15, 0.2) is 76.6 Å². The molecule has 0 bridgehead atoms. The maximum Gasteiger partial charge on any atom is 0.251 e. The van der Waals surface area contributed by atoms with E-state index >= 15 is 0 Å². The van der Waals surface area contributed by atoms with E-state index < -0.39 is 21.5 Å². The first-order valence-corrected chi connectivity index (χ1v) is 12.1. The van der Waals surface area contributed by atoms with Crippen LogP contribution in [0.2, 0.25) is 0 Å². The second-order valence-corrected chi connectivity index (χ2v) is 9.87. The Morgan fingerprint density at radius 1 is 0.939 bits per heavy atom. The Bertz CT molecular complexity index is 1290. The Morgan fingerprint density at radius 3 is 2.18 bits per heavy atom. The lowest BCUT2D eigenvalue weighted by Crippen LogP contribution is -2.31. The van der Waals surface area contributed by atoms with Crippen LogP contribution < -0.4 is 15.6 Å². The van der Waals surface area contributed by atoms with Gasteiger partial charge in [-0.05, 0) is 62.2 Å². The van der Waals surface area contributed by atoms with E-state index in [1.807, 2.05) is 31.2 Å². The number of aromatic nitrogens is 1. The van der Waals surface area contributed by atoms with Crippen LogP contribution in [0.3, 0.4) is 0 Å². The molecular weight excluding hydrogens is 442 g/mol. The fourth-order valence-corrected chi connectivity index (χ4v) is 5.10. The van der Waals surface area contributed by atoms with Gasteiger partial charge in [0.2, 0.25) is 15.9 Å². The van der Waals surface area contributed by atoms with Crippen molar-refractivity contribution >= 4 is 21.6 Å². The molecular formula is C24H25N3O5S. The van der Waals surface area contributed by atoms with E-state index in [4.69, 9.17) is 4.74 Å². The minimum Gasteiger partial charge on any atom is -0.457 e. The summed E-state index contributed by atoms with van der Waals surface area (Å²) in [6.45, 7) is 2.62. The molecule has 2 heterocycles. The third kappa shape index (κ3) is 5.50. The van der Waals surface area contributed by atoms with Gasteiger partial charge in [0, 0.05) is 31.0 Å². The van der Waals surface area contributed by atoms with E-state index in [0.717, 1.165) is 23.0 Å². The molecule has 1 amide bonds. The molecule has 0 spiro atoms. The van der Waals surface area contributed by atoms with Gasteiger partial charge in [-0.1, -0.05) is 17.7 Å². The molecule has 1 N–H and O–H groups in total. The molecule has 0 unspecified atom stereocenters. The number of pyridine rings is 1. The van der Waals surface area contributed by atoms with Gasteiger partial charge in [0.25, 0.3) is 5.56 Å². The van der Waals surface area contributed by atoms with Gasteiger partial charge in [-0.2, -0.15) is 4.31 Å². The topological polar surface area (TPSA) is 97.7 Å². The van der Waals surface area contributed by atoms with E-state index in [0.29, 0.717) is 30.3 Å². The van der Waals surface area contributed by atoms with Crippen molar-refractivity contribution in [1.82, 2.24) is 8.87 Å². The van der Waals surface area contributed by atoms with Crippen molar-refractivity contribution in [2.45, 2.75) is 31.2 Å². The SMILES string of the molecule is Cc1ccc(Oc2ccc(NC(=O)Cn3cc(S(=O)(=O)N4CCCC4)ccc3=O)cc2)cc1. The number of carbonyl (C=O) groups is 1. The van der Waals surface area contributed by atoms with Gasteiger partial charge < -0.3 is 14.6 Å². The summed E-state index contributed by atoms with van der Waals surface area (Å²) in [6, 6.07) is 17.0. The molecule has 3 aromatic rings. The molecule has 0 atom stereocenters. The molecule has 2 aromatic carbocycles. The van der Waals surface area contributed by atoms with Crippen LogP contribution in [0.25, 0.3) is 0 Å². The summed E-state index contributed by atoms with van der Waals surface area (Å²) >= 11 is 0. The molecule has 8 nitrogen and oxygen atoms in total. The first-order chi connectivity index (χ1) is 15.8. The van der Waals surface area contributed by atoms with Gasteiger partial charge >= 0.3 is 0 Å². The fourth-order valence-electron chi connectivity index (χ4n) is 3.57. The highest BCUT2D eigenvalue weighted by molar-refractivity contribution is 7.89. The maximum absolute atomic E-state index is 12.8. The number of aryl methyl sites for hydroxylation is 1. The number of rotatable bonds is 7. The number of anilines is 1. The minimum atomic E-state index is -3.68. The summed E-state index contributed by atoms with van der Waals surface area (Å²) in [5, 5.41) is 2.72. The number of carbonyl (C=O) groups excluding carboxylic acids is 1. The summed E-state index contributed by atoms with van der Waals surface area (Å²) < 4.78 is 33.8. The number of sulfonamides is 1. The minimum absolute atomic E-state index is 0.00871. The molecule has 0 aliphatic carbocycles. The summed E-state index contributed by atoms with van der Waals surface area (Å²) in [5.74, 6) is 0.883. The predicted octanol–water partition coefficient (Wildman–Crippen LogP) is 3.37. The highest BCUT2D eigenvalue weighted by Crippen LogP contribution is 2.23. The normalized spacial score (nSPS) is 14.2. The molecule has 33 heavy (non-hydrogen) atoms. The van der Waals surface area contributed by atoms with Crippen LogP contribution in [0.5, 0.6) is 11.5 Å². The van der Waals surface area contributed by atoms with Gasteiger partial charge in [0.1, 0.15) is 18.0 Å². The van der Waals surface area contributed by atoms with Crippen LogP contribution in [-0.2, 0) is 21.4 Å². The molecule has 172 valence electrons. The van der Waals surface area contributed by atoms with Crippen molar-refractivity contribution in [3.63, 3.8) is 0 Å². The average molecular weight is 468 g/mol. The Hall–Kier alpha value is -3.43. The van der Waals surface area contributed by atoms with E-state index in [-0.39, 0.29) is 11.4 Å². The second kappa shape index (κ2) is 9.60. The molecule has 0 radical (unpaired) electrons. The van der Waals surface area contributed by atoms with Crippen LogP contribution in [-0.4, -0.2) is 36.3 Å². The van der Waals surface area contributed by atoms with Crippen LogP contribution in [0, 0.1) is 6.92 Å². The van der Waals surface area contributed by atoms with E-state index in [9.17, 15) is 18.0 Å². The van der Waals surface area contributed by atoms with E-state index in [2.05, 4.69) is 5.32 Å². The van der Waals surface area contributed by atoms with Crippen LogP contribution in [0.1, 0.15) is 18.4 Å². The highest BCUT2D eigenvalue weighted by atomic mass is 32.2. The largest absolute Gasteiger partial charge is 0.457 e. The maximum atomic E-state index is 12.8. The Kier molecular flexibility index (Phi) is 6.62. The second-order valence-electron chi connectivity index (χ2n) is 7.93. The number of hydrogen-bond acceptors (Lipinski definition) is 5. The predicted molar refractivity (Wildman–Crippen MR) is 125 cm³/mol. The van der Waals surface area contributed by atoms with Crippen molar-refractivity contribution in [3.8, 4) is 11.5 Å². The standard InChI is InChI=1S/C24H25N3O5S/c1-18-4-8-20(9-5-18)32-21-10-6-19(7-11-21)25-23(28)17-26-16-22(12-13-24(26)29)33(30,31)27-14-2-3-15-27/h4-13,16H,2-3,14-15,17H2,1H3,(H,25,28). The molecule has 0 saturated carbocycles. The van der Waals surface area contributed by atoms with Gasteiger partial charge in [-0.15, -0.1) is 0 Å². The lowest BCUT2D eigenvalue weighted by Gasteiger charge is -2.16. The van der Waals surface area contributed by atoms with E-state index in [1.54, 1.807) is 24.3 Å². The third-order valence-electron chi connectivity index (χ3n) is 5.37. The molecule has 1 saturated heterocycles. The van der Waals surface area contributed by atoms with Crippen molar-refractivity contribution in [2.75, 3.05) is 18.4 Å². The lowest BCUT2D eigenvalue weighted by molar-refractivity contribution is -0.116. The smallest absolute Gasteiger partial charge is 0.251 e. The number of amides is 1. The molecule has 1 aromatic heterocycles. The van der Waals surface area contributed by atoms with Gasteiger partial charge in [-0.3, -0.25) is 9.59 Å². The number of hydrogen-bond donors (Lipinski definition) is 1. The van der Waals surface area contributed by atoms with E-state index in [1.165, 1.54) is 22.6 Å². The molecule has 4 rings (SSSR count). The number of nitrogens with zero attached hydrogens (tertiary/aromatic N) is 2. The van der Waals surface area contributed by atoms with Crippen molar-refractivity contribution in [2.24, 2.45) is 0 Å². The zero-order chi connectivity index (χ0) is 23.4. The zero-order valence-corrected chi connectivity index (χ0v) is 19.0. The first-order valence-electron chi connectivity index (χ1n) is 10.7. The summed E-state index contributed by atoms with van der Waals surface area (Å²) in [6.07, 6.45) is 2.86. The molecule has 1 aliphatic heterocycles. The summed E-state index contributed by atoms with van der Waals surface area (Å²) in [5.41, 5.74) is 1.22. The molecule has 1 aliphatic rings. The van der Waals surface area contributed by atoms with Crippen molar-refractivity contribution < 1.29 is 17.9 Å². The summed E-state index contributed by atoms with van der Waals surface area (Å²) in [7, 11) is -3.68. The quantitative estimate of drug-likeness (QED) is 0.575. The Labute approximate surface area is 192 Å². The van der Waals surface area contributed by atoms with Crippen LogP contribution in [0.4, 0.5) is 5.69 Å². The first kappa shape index (κ1) is 22.8. The van der Waals surface area contributed by atoms with Crippen molar-refractivity contribution in [3.05, 3.63) is 82.8 Å². The van der Waals surface area contributed by atoms with Gasteiger partial charge in [-0.25, -0.2) is 8.42 Å².